The maximum absolute atomic E-state index is 13.5. The number of aromatic nitrogens is 3. The lowest BCUT2D eigenvalue weighted by molar-refractivity contribution is -0.113. The third-order valence-corrected chi connectivity index (χ3v) is 4.64. The monoisotopic (exact) mass is 370 g/mol. The van der Waals surface area contributed by atoms with Crippen molar-refractivity contribution in [3.05, 3.63) is 40.3 Å². The first-order chi connectivity index (χ1) is 12.0. The van der Waals surface area contributed by atoms with Crippen LogP contribution in [0.2, 0.25) is 0 Å². The van der Waals surface area contributed by atoms with Gasteiger partial charge in [0.2, 0.25) is 5.91 Å². The minimum atomic E-state index is -0.727. The van der Waals surface area contributed by atoms with Crippen molar-refractivity contribution in [3.8, 4) is 0 Å². The van der Waals surface area contributed by atoms with Gasteiger partial charge in [-0.2, -0.15) is 0 Å². The number of hydrogen-bond donors (Lipinski definition) is 2. The van der Waals surface area contributed by atoms with Gasteiger partial charge in [-0.1, -0.05) is 11.8 Å². The van der Waals surface area contributed by atoms with Crippen molar-refractivity contribution in [3.63, 3.8) is 0 Å². The number of benzene rings is 1. The summed E-state index contributed by atoms with van der Waals surface area (Å²) in [4.78, 5) is 23.8. The average Bonchev–Trinajstić information content (AvgIpc) is 3.21. The Kier molecular flexibility index (Phi) is 5.49. The molecule has 0 radical (unpaired) electrons. The van der Waals surface area contributed by atoms with Gasteiger partial charge in [0.15, 0.2) is 5.16 Å². The topological polar surface area (TPSA) is 89.0 Å². The normalized spacial score (nSPS) is 17.0. The van der Waals surface area contributed by atoms with Gasteiger partial charge in [0.05, 0.1) is 24.1 Å². The van der Waals surface area contributed by atoms with Crippen LogP contribution < -0.4 is 11.0 Å². The van der Waals surface area contributed by atoms with Crippen molar-refractivity contribution >= 4 is 23.4 Å². The number of nitrogens with zero attached hydrogens (tertiary/aromatic N) is 2. The lowest BCUT2D eigenvalue weighted by Crippen LogP contribution is -2.25. The summed E-state index contributed by atoms with van der Waals surface area (Å²) in [5.74, 6) is -2.02. The van der Waals surface area contributed by atoms with Crippen LogP contribution in [0.3, 0.4) is 0 Å². The van der Waals surface area contributed by atoms with E-state index < -0.39 is 17.5 Å². The fourth-order valence-corrected chi connectivity index (χ4v) is 3.23. The van der Waals surface area contributed by atoms with E-state index in [1.54, 1.807) is 0 Å². The van der Waals surface area contributed by atoms with Crippen LogP contribution in [0.4, 0.5) is 14.5 Å². The van der Waals surface area contributed by atoms with E-state index in [0.717, 1.165) is 42.8 Å². The fraction of sp³-hybridized carbons (Fsp3) is 0.400. The number of hydrogen-bond acceptors (Lipinski definition) is 5. The third kappa shape index (κ3) is 4.45. The van der Waals surface area contributed by atoms with Gasteiger partial charge >= 0.3 is 5.69 Å². The van der Waals surface area contributed by atoms with E-state index in [4.69, 9.17) is 4.74 Å². The van der Waals surface area contributed by atoms with Crippen LogP contribution in [-0.2, 0) is 16.1 Å². The molecule has 0 saturated carbocycles. The van der Waals surface area contributed by atoms with Crippen LogP contribution in [-0.4, -0.2) is 39.1 Å². The summed E-state index contributed by atoms with van der Waals surface area (Å²) >= 11 is 1.03. The van der Waals surface area contributed by atoms with Gasteiger partial charge in [-0.15, -0.1) is 5.10 Å². The molecule has 1 atom stereocenters. The lowest BCUT2D eigenvalue weighted by Gasteiger charge is -2.11. The number of ether oxygens (including phenoxy) is 1. The second kappa shape index (κ2) is 7.79. The van der Waals surface area contributed by atoms with Crippen molar-refractivity contribution in [2.45, 2.75) is 30.6 Å². The first kappa shape index (κ1) is 17.6. The molecular formula is C15H16F2N4O3S. The number of anilines is 1. The predicted molar refractivity (Wildman–Crippen MR) is 87.5 cm³/mol. The van der Waals surface area contributed by atoms with Gasteiger partial charge in [0.1, 0.15) is 11.6 Å². The predicted octanol–water partition coefficient (Wildman–Crippen LogP) is 1.76. The van der Waals surface area contributed by atoms with E-state index in [1.807, 2.05) is 0 Å². The first-order valence-electron chi connectivity index (χ1n) is 7.67. The van der Waals surface area contributed by atoms with Crippen molar-refractivity contribution in [1.82, 2.24) is 14.8 Å². The minimum Gasteiger partial charge on any atom is -0.376 e. The van der Waals surface area contributed by atoms with Gasteiger partial charge in [0.25, 0.3) is 0 Å². The van der Waals surface area contributed by atoms with Gasteiger partial charge in [0, 0.05) is 12.7 Å². The summed E-state index contributed by atoms with van der Waals surface area (Å²) in [6.07, 6.45) is 1.76. The van der Waals surface area contributed by atoms with E-state index in [1.165, 1.54) is 4.57 Å². The SMILES string of the molecule is O=C(CSc1n[nH]c(=O)n1CC1CCCO1)Nc1cc(F)ccc1F. The van der Waals surface area contributed by atoms with Crippen molar-refractivity contribution < 1.29 is 18.3 Å². The Morgan fingerprint density at radius 1 is 1.48 bits per heavy atom. The van der Waals surface area contributed by atoms with Crippen LogP contribution in [0.15, 0.2) is 28.2 Å². The first-order valence-corrected chi connectivity index (χ1v) is 8.66. The maximum Gasteiger partial charge on any atom is 0.344 e. The zero-order valence-corrected chi connectivity index (χ0v) is 13.9. The Bertz CT molecular complexity index is 817. The molecular weight excluding hydrogens is 354 g/mol. The molecule has 1 aliphatic rings. The molecule has 1 amide bonds. The van der Waals surface area contributed by atoms with E-state index in [9.17, 15) is 18.4 Å². The molecule has 1 unspecified atom stereocenters. The van der Waals surface area contributed by atoms with Crippen LogP contribution in [0.1, 0.15) is 12.8 Å². The standard InChI is InChI=1S/C15H16F2N4O3S/c16-9-3-4-11(17)12(6-9)18-13(22)8-25-15-20-19-14(23)21(15)7-10-2-1-5-24-10/h3-4,6,10H,1-2,5,7-8H2,(H,18,22)(H,19,23). The average molecular weight is 370 g/mol. The van der Waals surface area contributed by atoms with Gasteiger partial charge in [-0.3, -0.25) is 9.36 Å². The fourth-order valence-electron chi connectivity index (χ4n) is 2.48. The zero-order chi connectivity index (χ0) is 17.8. The second-order valence-corrected chi connectivity index (χ2v) is 6.46. The second-order valence-electron chi connectivity index (χ2n) is 5.52. The highest BCUT2D eigenvalue weighted by Crippen LogP contribution is 2.19. The molecule has 7 nitrogen and oxygen atoms in total. The Hall–Kier alpha value is -2.20. The molecule has 2 aromatic rings. The number of carbonyl (C=O) groups is 1. The molecule has 0 spiro atoms. The summed E-state index contributed by atoms with van der Waals surface area (Å²) in [6, 6.07) is 2.80. The van der Waals surface area contributed by atoms with E-state index in [-0.39, 0.29) is 23.2 Å². The molecule has 0 bridgehead atoms. The Morgan fingerprint density at radius 2 is 2.32 bits per heavy atom. The molecule has 1 aliphatic heterocycles. The third-order valence-electron chi connectivity index (χ3n) is 3.67. The lowest BCUT2D eigenvalue weighted by atomic mass is 10.2. The molecule has 25 heavy (non-hydrogen) atoms. The summed E-state index contributed by atoms with van der Waals surface area (Å²) in [7, 11) is 0. The highest BCUT2D eigenvalue weighted by molar-refractivity contribution is 7.99. The van der Waals surface area contributed by atoms with E-state index in [2.05, 4.69) is 15.5 Å². The molecule has 10 heteroatoms. The number of halogens is 2. The molecule has 134 valence electrons. The molecule has 1 fully saturated rings. The number of aromatic amines is 1. The number of carbonyl (C=O) groups excluding carboxylic acids is 1. The van der Waals surface area contributed by atoms with Crippen molar-refractivity contribution in [2.24, 2.45) is 0 Å². The highest BCUT2D eigenvalue weighted by Gasteiger charge is 2.20. The van der Waals surface area contributed by atoms with Gasteiger partial charge < -0.3 is 10.1 Å². The van der Waals surface area contributed by atoms with Crippen LogP contribution >= 0.6 is 11.8 Å². The minimum absolute atomic E-state index is 0.0510. The molecule has 3 rings (SSSR count). The van der Waals surface area contributed by atoms with Crippen molar-refractivity contribution in [2.75, 3.05) is 17.7 Å². The molecule has 0 aliphatic carbocycles. The van der Waals surface area contributed by atoms with Crippen molar-refractivity contribution in [1.29, 1.82) is 0 Å². The van der Waals surface area contributed by atoms with Gasteiger partial charge in [-0.05, 0) is 25.0 Å². The summed E-state index contributed by atoms with van der Waals surface area (Å²) in [5.41, 5.74) is -0.612. The van der Waals surface area contributed by atoms with Crippen LogP contribution in [0.25, 0.3) is 0 Å². The largest absolute Gasteiger partial charge is 0.376 e. The molecule has 1 aromatic heterocycles. The van der Waals surface area contributed by atoms with E-state index in [0.29, 0.717) is 18.3 Å². The Balaban J connectivity index is 1.60. The Labute approximate surface area is 145 Å². The smallest absolute Gasteiger partial charge is 0.344 e. The van der Waals surface area contributed by atoms with Gasteiger partial charge in [-0.25, -0.2) is 18.7 Å². The number of amides is 1. The molecule has 1 aromatic carbocycles. The summed E-state index contributed by atoms with van der Waals surface area (Å²) in [5, 5.41) is 8.87. The molecule has 2 heterocycles. The van der Waals surface area contributed by atoms with E-state index >= 15 is 0 Å². The highest BCUT2D eigenvalue weighted by atomic mass is 32.2. The Morgan fingerprint density at radius 3 is 3.08 bits per heavy atom. The number of nitrogens with one attached hydrogen (secondary N) is 2. The maximum atomic E-state index is 13.5. The summed E-state index contributed by atoms with van der Waals surface area (Å²) < 4.78 is 33.5. The molecule has 1 saturated heterocycles. The zero-order valence-electron chi connectivity index (χ0n) is 13.1. The van der Waals surface area contributed by atoms with Crippen LogP contribution in [0, 0.1) is 11.6 Å². The number of thioether (sulfide) groups is 1. The quantitative estimate of drug-likeness (QED) is 0.757. The summed E-state index contributed by atoms with van der Waals surface area (Å²) in [6.45, 7) is 1.03. The molecule has 2 N–H and O–H groups in total. The number of rotatable bonds is 6. The number of H-pyrrole nitrogens is 1. The van der Waals surface area contributed by atoms with Crippen LogP contribution in [0.5, 0.6) is 0 Å².